The van der Waals surface area contributed by atoms with Crippen LogP contribution in [0.4, 0.5) is 13.2 Å². The first kappa shape index (κ1) is 15.7. The minimum atomic E-state index is -4.19. The molecule has 0 atom stereocenters. The fraction of sp³-hybridized carbons (Fsp3) is 0.429. The first-order valence-corrected chi connectivity index (χ1v) is 6.31. The molecule has 0 amide bonds. The standard InChI is InChI=1S/C14H14ClF3O/c1-11-10-12(4-2-3-8-15)5-6-13(11)19-9-7-14(16,17)18/h5-6,10H,3,7-9H2,1H3. The fourth-order valence-corrected chi connectivity index (χ4v) is 1.47. The Hall–Kier alpha value is -1.34. The van der Waals surface area contributed by atoms with Crippen LogP contribution in [-0.2, 0) is 0 Å². The van der Waals surface area contributed by atoms with Crippen LogP contribution >= 0.6 is 11.6 Å². The quantitative estimate of drug-likeness (QED) is 0.593. The Labute approximate surface area is 115 Å². The molecule has 19 heavy (non-hydrogen) atoms. The summed E-state index contributed by atoms with van der Waals surface area (Å²) in [7, 11) is 0. The molecule has 0 heterocycles. The summed E-state index contributed by atoms with van der Waals surface area (Å²) in [6, 6.07) is 5.14. The second kappa shape index (κ2) is 7.30. The van der Waals surface area contributed by atoms with Crippen molar-refractivity contribution in [3.05, 3.63) is 29.3 Å². The number of hydrogen-bond acceptors (Lipinski definition) is 1. The summed E-state index contributed by atoms with van der Waals surface area (Å²) in [5, 5.41) is 0. The van der Waals surface area contributed by atoms with Crippen molar-refractivity contribution in [1.29, 1.82) is 0 Å². The average molecular weight is 291 g/mol. The van der Waals surface area contributed by atoms with E-state index in [1.807, 2.05) is 0 Å². The van der Waals surface area contributed by atoms with Gasteiger partial charge in [0.2, 0.25) is 0 Å². The van der Waals surface area contributed by atoms with Gasteiger partial charge in [0.15, 0.2) is 0 Å². The van der Waals surface area contributed by atoms with E-state index in [0.717, 1.165) is 11.1 Å². The number of halogens is 4. The predicted molar refractivity (Wildman–Crippen MR) is 69.6 cm³/mol. The Morgan fingerprint density at radius 1 is 1.32 bits per heavy atom. The molecule has 1 nitrogen and oxygen atoms in total. The molecule has 0 N–H and O–H groups in total. The lowest BCUT2D eigenvalue weighted by Crippen LogP contribution is -2.13. The van der Waals surface area contributed by atoms with Gasteiger partial charge in [-0.15, -0.1) is 11.6 Å². The summed E-state index contributed by atoms with van der Waals surface area (Å²) in [5.41, 5.74) is 1.56. The first-order valence-electron chi connectivity index (χ1n) is 5.77. The van der Waals surface area contributed by atoms with E-state index in [9.17, 15) is 13.2 Å². The average Bonchev–Trinajstić information content (AvgIpc) is 2.31. The Morgan fingerprint density at radius 3 is 2.63 bits per heavy atom. The van der Waals surface area contributed by atoms with Gasteiger partial charge in [0.25, 0.3) is 0 Å². The second-order valence-corrected chi connectivity index (χ2v) is 4.31. The Balaban J connectivity index is 2.60. The molecule has 0 saturated heterocycles. The lowest BCUT2D eigenvalue weighted by Gasteiger charge is -2.10. The molecule has 0 aliphatic heterocycles. The molecule has 0 saturated carbocycles. The third-order valence-electron chi connectivity index (χ3n) is 2.27. The van der Waals surface area contributed by atoms with Gasteiger partial charge in [-0.3, -0.25) is 0 Å². The summed E-state index contributed by atoms with van der Waals surface area (Å²) in [6.45, 7) is 1.40. The molecule has 0 unspecified atom stereocenters. The highest BCUT2D eigenvalue weighted by Crippen LogP contribution is 2.22. The minimum Gasteiger partial charge on any atom is -0.493 e. The van der Waals surface area contributed by atoms with E-state index in [1.165, 1.54) is 0 Å². The van der Waals surface area contributed by atoms with Crippen LogP contribution in [0.2, 0.25) is 0 Å². The maximum atomic E-state index is 12.0. The van der Waals surface area contributed by atoms with Gasteiger partial charge in [-0.25, -0.2) is 0 Å². The molecule has 0 aliphatic carbocycles. The van der Waals surface area contributed by atoms with Gasteiger partial charge in [0.05, 0.1) is 13.0 Å². The van der Waals surface area contributed by atoms with Crippen LogP contribution in [0.15, 0.2) is 18.2 Å². The largest absolute Gasteiger partial charge is 0.493 e. The number of alkyl halides is 4. The summed E-state index contributed by atoms with van der Waals surface area (Å²) in [4.78, 5) is 0. The topological polar surface area (TPSA) is 9.23 Å². The van der Waals surface area contributed by atoms with Crippen molar-refractivity contribution < 1.29 is 17.9 Å². The monoisotopic (exact) mass is 290 g/mol. The van der Waals surface area contributed by atoms with Crippen LogP contribution in [0.25, 0.3) is 0 Å². The maximum absolute atomic E-state index is 12.0. The molecular formula is C14H14ClF3O. The normalized spacial score (nSPS) is 10.8. The molecule has 1 aromatic rings. The van der Waals surface area contributed by atoms with E-state index in [1.54, 1.807) is 25.1 Å². The van der Waals surface area contributed by atoms with Crippen LogP contribution < -0.4 is 4.74 Å². The molecule has 104 valence electrons. The zero-order chi connectivity index (χ0) is 14.3. The van der Waals surface area contributed by atoms with Crippen LogP contribution in [0, 0.1) is 18.8 Å². The lowest BCUT2D eigenvalue weighted by molar-refractivity contribution is -0.139. The first-order chi connectivity index (χ1) is 8.92. The molecule has 0 spiro atoms. The van der Waals surface area contributed by atoms with E-state index in [-0.39, 0.29) is 6.61 Å². The van der Waals surface area contributed by atoms with Crippen molar-refractivity contribution in [2.24, 2.45) is 0 Å². The molecule has 0 radical (unpaired) electrons. The SMILES string of the molecule is Cc1cc(C#CCCCl)ccc1OCCC(F)(F)F. The van der Waals surface area contributed by atoms with Gasteiger partial charge < -0.3 is 4.74 Å². The third-order valence-corrected chi connectivity index (χ3v) is 2.46. The van der Waals surface area contributed by atoms with Crippen molar-refractivity contribution >= 4 is 11.6 Å². The molecule has 0 aliphatic rings. The fourth-order valence-electron chi connectivity index (χ4n) is 1.38. The highest BCUT2D eigenvalue weighted by Gasteiger charge is 2.26. The van der Waals surface area contributed by atoms with Crippen LogP contribution in [0.5, 0.6) is 5.75 Å². The minimum absolute atomic E-state index is 0.373. The van der Waals surface area contributed by atoms with E-state index in [0.29, 0.717) is 18.1 Å². The molecule has 0 aromatic heterocycles. The highest BCUT2D eigenvalue weighted by atomic mass is 35.5. The van der Waals surface area contributed by atoms with Gasteiger partial charge in [-0.05, 0) is 30.7 Å². The zero-order valence-electron chi connectivity index (χ0n) is 10.5. The predicted octanol–water partition coefficient (Wildman–Crippen LogP) is 4.31. The number of hydrogen-bond donors (Lipinski definition) is 0. The Morgan fingerprint density at radius 2 is 2.05 bits per heavy atom. The molecule has 1 rings (SSSR count). The van der Waals surface area contributed by atoms with Crippen molar-refractivity contribution in [1.82, 2.24) is 0 Å². The Bertz CT molecular complexity index is 472. The van der Waals surface area contributed by atoms with Crippen molar-refractivity contribution in [2.75, 3.05) is 12.5 Å². The number of ether oxygens (including phenoxy) is 1. The summed E-state index contributed by atoms with van der Waals surface area (Å²) in [5.74, 6) is 6.74. The van der Waals surface area contributed by atoms with Gasteiger partial charge in [0.1, 0.15) is 5.75 Å². The van der Waals surface area contributed by atoms with Gasteiger partial charge in [-0.1, -0.05) is 11.8 Å². The van der Waals surface area contributed by atoms with E-state index >= 15 is 0 Å². The van der Waals surface area contributed by atoms with Crippen LogP contribution in [-0.4, -0.2) is 18.7 Å². The van der Waals surface area contributed by atoms with Gasteiger partial charge in [-0.2, -0.15) is 13.2 Å². The number of rotatable bonds is 4. The molecule has 0 bridgehead atoms. The van der Waals surface area contributed by atoms with Crippen LogP contribution in [0.1, 0.15) is 24.0 Å². The summed E-state index contributed by atoms with van der Waals surface area (Å²) < 4.78 is 41.1. The maximum Gasteiger partial charge on any atom is 0.392 e. The van der Waals surface area contributed by atoms with E-state index in [4.69, 9.17) is 16.3 Å². The van der Waals surface area contributed by atoms with Crippen molar-refractivity contribution in [3.63, 3.8) is 0 Å². The van der Waals surface area contributed by atoms with E-state index < -0.39 is 12.6 Å². The smallest absolute Gasteiger partial charge is 0.392 e. The van der Waals surface area contributed by atoms with Gasteiger partial charge >= 0.3 is 6.18 Å². The molecule has 0 fully saturated rings. The molecule has 1 aromatic carbocycles. The van der Waals surface area contributed by atoms with Crippen molar-refractivity contribution in [2.45, 2.75) is 25.9 Å². The second-order valence-electron chi connectivity index (χ2n) is 3.93. The number of aryl methyl sites for hydroxylation is 1. The third kappa shape index (κ3) is 6.40. The molecular weight excluding hydrogens is 277 g/mol. The lowest BCUT2D eigenvalue weighted by atomic mass is 10.1. The summed E-state index contributed by atoms with van der Waals surface area (Å²) in [6.07, 6.45) is -4.55. The highest BCUT2D eigenvalue weighted by molar-refractivity contribution is 6.18. The van der Waals surface area contributed by atoms with E-state index in [2.05, 4.69) is 11.8 Å². The van der Waals surface area contributed by atoms with Crippen molar-refractivity contribution in [3.8, 4) is 17.6 Å². The number of benzene rings is 1. The Kier molecular flexibility index (Phi) is 6.04. The zero-order valence-corrected chi connectivity index (χ0v) is 11.2. The van der Waals surface area contributed by atoms with Gasteiger partial charge in [0, 0.05) is 17.9 Å². The molecule has 5 heteroatoms. The summed E-state index contributed by atoms with van der Waals surface area (Å²) >= 11 is 5.50. The van der Waals surface area contributed by atoms with Crippen LogP contribution in [0.3, 0.4) is 0 Å².